The van der Waals surface area contributed by atoms with Gasteiger partial charge < -0.3 is 5.11 Å². The van der Waals surface area contributed by atoms with Crippen LogP contribution in [0, 0.1) is 0 Å². The first-order chi connectivity index (χ1) is 10.9. The van der Waals surface area contributed by atoms with Crippen molar-refractivity contribution in [2.75, 3.05) is 0 Å². The van der Waals surface area contributed by atoms with Crippen molar-refractivity contribution in [1.29, 1.82) is 0 Å². The summed E-state index contributed by atoms with van der Waals surface area (Å²) in [4.78, 5) is 0. The quantitative estimate of drug-likeness (QED) is 0.225. The van der Waals surface area contributed by atoms with Gasteiger partial charge in [-0.15, -0.1) is 0 Å². The van der Waals surface area contributed by atoms with E-state index in [0.29, 0.717) is 6.42 Å². The summed E-state index contributed by atoms with van der Waals surface area (Å²) < 4.78 is -1.18. The van der Waals surface area contributed by atoms with Crippen LogP contribution in [0.3, 0.4) is 0 Å². The highest BCUT2D eigenvalue weighted by Gasteiger charge is 2.26. The highest BCUT2D eigenvalue weighted by molar-refractivity contribution is 6.50. The number of hydrogen-bond acceptors (Lipinski definition) is 1. The predicted molar refractivity (Wildman–Crippen MR) is 103 cm³/mol. The van der Waals surface area contributed by atoms with Gasteiger partial charge in [-0.2, -0.15) is 0 Å². The van der Waals surface area contributed by atoms with Gasteiger partial charge in [0.2, 0.25) is 0 Å². The highest BCUT2D eigenvalue weighted by Crippen LogP contribution is 2.33. The van der Waals surface area contributed by atoms with Crippen LogP contribution in [0.5, 0.6) is 0 Å². The standard InChI is InChI=1S/C19H27Cl3O/c1-16(23)19(21,22)15-9-7-5-3-2-4-6-8-10-17-11-13-18(20)14-12-17/h11-14,23H,1-10,15H2. The summed E-state index contributed by atoms with van der Waals surface area (Å²) in [5.41, 5.74) is 1.37. The number of aryl methyl sites for hydroxylation is 1. The molecule has 1 nitrogen and oxygen atoms in total. The Bertz CT molecular complexity index is 454. The first-order valence-electron chi connectivity index (χ1n) is 8.42. The van der Waals surface area contributed by atoms with E-state index in [1.165, 1.54) is 44.1 Å². The molecule has 1 aromatic rings. The van der Waals surface area contributed by atoms with Gasteiger partial charge in [0.1, 0.15) is 5.76 Å². The second-order valence-corrected chi connectivity index (χ2v) is 8.03. The Morgan fingerprint density at radius 1 is 0.870 bits per heavy atom. The van der Waals surface area contributed by atoms with Gasteiger partial charge in [0.25, 0.3) is 0 Å². The van der Waals surface area contributed by atoms with E-state index in [1.54, 1.807) is 0 Å². The van der Waals surface area contributed by atoms with Crippen LogP contribution < -0.4 is 0 Å². The Morgan fingerprint density at radius 3 is 1.87 bits per heavy atom. The molecule has 0 aromatic heterocycles. The molecule has 130 valence electrons. The van der Waals surface area contributed by atoms with Crippen molar-refractivity contribution in [1.82, 2.24) is 0 Å². The van der Waals surface area contributed by atoms with E-state index in [9.17, 15) is 5.11 Å². The Morgan fingerprint density at radius 2 is 1.35 bits per heavy atom. The van der Waals surface area contributed by atoms with Crippen molar-refractivity contribution >= 4 is 34.8 Å². The Balaban J connectivity index is 1.92. The summed E-state index contributed by atoms with van der Waals surface area (Å²) in [7, 11) is 0. The molecule has 0 radical (unpaired) electrons. The Kier molecular flexibility index (Phi) is 10.1. The van der Waals surface area contributed by atoms with E-state index in [2.05, 4.69) is 18.7 Å². The fourth-order valence-corrected chi connectivity index (χ4v) is 2.93. The number of allylic oxidation sites excluding steroid dienone is 1. The number of unbranched alkanes of at least 4 members (excludes halogenated alkanes) is 7. The van der Waals surface area contributed by atoms with Crippen LogP contribution >= 0.6 is 34.8 Å². The lowest BCUT2D eigenvalue weighted by atomic mass is 10.0. The zero-order chi connectivity index (χ0) is 17.1. The van der Waals surface area contributed by atoms with E-state index >= 15 is 0 Å². The molecular formula is C19H27Cl3O. The lowest BCUT2D eigenvalue weighted by molar-refractivity contribution is 0.372. The van der Waals surface area contributed by atoms with E-state index in [1.807, 2.05) is 12.1 Å². The van der Waals surface area contributed by atoms with Crippen LogP contribution in [0.4, 0.5) is 0 Å². The Hall–Kier alpha value is -0.370. The van der Waals surface area contributed by atoms with Crippen LogP contribution in [0.2, 0.25) is 5.02 Å². The maximum atomic E-state index is 9.23. The van der Waals surface area contributed by atoms with Gasteiger partial charge in [0.15, 0.2) is 4.33 Å². The van der Waals surface area contributed by atoms with Crippen molar-refractivity contribution < 1.29 is 5.11 Å². The molecule has 0 fully saturated rings. The second-order valence-electron chi connectivity index (χ2n) is 6.11. The zero-order valence-corrected chi connectivity index (χ0v) is 15.9. The summed E-state index contributed by atoms with van der Waals surface area (Å²) in [6.45, 7) is 3.39. The first kappa shape index (κ1) is 20.7. The fourth-order valence-electron chi connectivity index (χ4n) is 2.53. The van der Waals surface area contributed by atoms with E-state index in [4.69, 9.17) is 34.8 Å². The van der Waals surface area contributed by atoms with E-state index < -0.39 is 4.33 Å². The molecule has 4 heteroatoms. The summed E-state index contributed by atoms with van der Waals surface area (Å²) in [5.74, 6) is -0.151. The maximum absolute atomic E-state index is 9.23. The van der Waals surface area contributed by atoms with Crippen LogP contribution in [-0.4, -0.2) is 9.44 Å². The third kappa shape index (κ3) is 9.49. The van der Waals surface area contributed by atoms with Gasteiger partial charge in [-0.3, -0.25) is 0 Å². The number of benzene rings is 1. The van der Waals surface area contributed by atoms with E-state index in [-0.39, 0.29) is 5.76 Å². The number of hydrogen-bond donors (Lipinski definition) is 1. The van der Waals surface area contributed by atoms with Crippen molar-refractivity contribution in [2.45, 2.75) is 68.5 Å². The van der Waals surface area contributed by atoms with Gasteiger partial charge in [-0.05, 0) is 43.4 Å². The monoisotopic (exact) mass is 376 g/mol. The van der Waals surface area contributed by atoms with Crippen molar-refractivity contribution in [3.63, 3.8) is 0 Å². The highest BCUT2D eigenvalue weighted by atomic mass is 35.5. The third-order valence-corrected chi connectivity index (χ3v) is 5.11. The minimum Gasteiger partial charge on any atom is -0.510 e. The van der Waals surface area contributed by atoms with Crippen molar-refractivity contribution in [3.8, 4) is 0 Å². The second kappa shape index (κ2) is 11.2. The minimum atomic E-state index is -1.18. The normalized spacial score (nSPS) is 11.6. The summed E-state index contributed by atoms with van der Waals surface area (Å²) in [6.07, 6.45) is 11.2. The van der Waals surface area contributed by atoms with Crippen molar-refractivity contribution in [2.24, 2.45) is 0 Å². The lowest BCUT2D eigenvalue weighted by Gasteiger charge is -2.17. The first-order valence-corrected chi connectivity index (χ1v) is 9.56. The molecule has 0 aliphatic heterocycles. The maximum Gasteiger partial charge on any atom is 0.173 e. The molecule has 0 aliphatic carbocycles. The number of alkyl halides is 2. The average Bonchev–Trinajstić information content (AvgIpc) is 2.50. The van der Waals surface area contributed by atoms with Gasteiger partial charge in [0.05, 0.1) is 0 Å². The van der Waals surface area contributed by atoms with Crippen LogP contribution in [-0.2, 0) is 6.42 Å². The number of aliphatic hydroxyl groups is 1. The minimum absolute atomic E-state index is 0.151. The molecule has 1 N–H and O–H groups in total. The van der Waals surface area contributed by atoms with Crippen LogP contribution in [0.1, 0.15) is 63.4 Å². The largest absolute Gasteiger partial charge is 0.510 e. The molecule has 1 rings (SSSR count). The lowest BCUT2D eigenvalue weighted by Crippen LogP contribution is -2.14. The van der Waals surface area contributed by atoms with Crippen LogP contribution in [0.15, 0.2) is 36.6 Å². The van der Waals surface area contributed by atoms with Gasteiger partial charge in [0, 0.05) is 5.02 Å². The molecule has 0 heterocycles. The molecule has 0 saturated carbocycles. The summed E-state index contributed by atoms with van der Waals surface area (Å²) >= 11 is 17.7. The molecule has 0 bridgehead atoms. The zero-order valence-electron chi connectivity index (χ0n) is 13.7. The smallest absolute Gasteiger partial charge is 0.173 e. The fraction of sp³-hybridized carbons (Fsp3) is 0.579. The Labute approximate surface area is 155 Å². The van der Waals surface area contributed by atoms with E-state index in [0.717, 1.165) is 24.3 Å². The number of rotatable bonds is 12. The van der Waals surface area contributed by atoms with Crippen molar-refractivity contribution in [3.05, 3.63) is 47.2 Å². The van der Waals surface area contributed by atoms with Crippen LogP contribution in [0.25, 0.3) is 0 Å². The molecule has 0 spiro atoms. The SMILES string of the molecule is C=C(O)C(Cl)(Cl)CCCCCCCCCCc1ccc(Cl)cc1. The molecule has 0 atom stereocenters. The van der Waals surface area contributed by atoms with Gasteiger partial charge >= 0.3 is 0 Å². The molecule has 0 unspecified atom stereocenters. The molecule has 0 amide bonds. The summed E-state index contributed by atoms with van der Waals surface area (Å²) in [6, 6.07) is 8.13. The summed E-state index contributed by atoms with van der Waals surface area (Å²) in [5, 5.41) is 10.0. The van der Waals surface area contributed by atoms with Gasteiger partial charge in [-0.1, -0.05) is 92.0 Å². The number of halogens is 3. The molecule has 1 aromatic carbocycles. The molecule has 0 saturated heterocycles. The number of aliphatic hydroxyl groups excluding tert-OH is 1. The molecule has 23 heavy (non-hydrogen) atoms. The third-order valence-electron chi connectivity index (χ3n) is 4.04. The topological polar surface area (TPSA) is 20.2 Å². The predicted octanol–water partition coefficient (Wildman–Crippen LogP) is 7.64. The van der Waals surface area contributed by atoms with Gasteiger partial charge in [-0.25, -0.2) is 0 Å². The molecule has 0 aliphatic rings. The average molecular weight is 378 g/mol. The molecular weight excluding hydrogens is 351 g/mol.